The lowest BCUT2D eigenvalue weighted by Gasteiger charge is -2.09. The predicted molar refractivity (Wildman–Crippen MR) is 109 cm³/mol. The van der Waals surface area contributed by atoms with Gasteiger partial charge in [0.1, 0.15) is 0 Å². The number of benzene rings is 2. The lowest BCUT2D eigenvalue weighted by molar-refractivity contribution is 0.0697. The fourth-order valence-electron chi connectivity index (χ4n) is 2.26. The Bertz CT molecular complexity index is 1570. The summed E-state index contributed by atoms with van der Waals surface area (Å²) >= 11 is 0. The minimum absolute atomic E-state index is 0.0223. The molecule has 1 heterocycles. The molecule has 11 heteroatoms. The quantitative estimate of drug-likeness (QED) is 0.434. The van der Waals surface area contributed by atoms with E-state index in [4.69, 9.17) is 27.3 Å². The number of methoxy groups -OCH3 is 4. The SMILES string of the molecule is [2H]C([2H])([2H])Oc1cc(N)c(C(=O)O)cc1OC([2H])([2H])[2H].[2H]C([2H])([2H])Oc1cc2[nH]c(=O)[nH]c(=O)c2cc1OC([2H])([2H])[2H]. The molecule has 0 aliphatic carbocycles. The normalized spacial score (nSPS) is 17.6. The Hall–Kier alpha value is -4.15. The summed E-state index contributed by atoms with van der Waals surface area (Å²) < 4.78 is 103. The molecule has 0 radical (unpaired) electrons. The number of fused-ring (bicyclic) bond motifs is 1. The summed E-state index contributed by atoms with van der Waals surface area (Å²) in [6, 6.07) is 3.68. The lowest BCUT2D eigenvalue weighted by atomic mass is 10.1. The van der Waals surface area contributed by atoms with E-state index in [0.717, 1.165) is 24.3 Å². The van der Waals surface area contributed by atoms with Gasteiger partial charge in [-0.15, -0.1) is 0 Å². The van der Waals surface area contributed by atoms with E-state index < -0.39 is 73.9 Å². The number of carboxylic acids is 1. The number of hydrogen-bond acceptors (Lipinski definition) is 8. The van der Waals surface area contributed by atoms with E-state index in [0.29, 0.717) is 0 Å². The van der Waals surface area contributed by atoms with Crippen molar-refractivity contribution in [1.82, 2.24) is 9.97 Å². The van der Waals surface area contributed by atoms with Crippen molar-refractivity contribution in [2.45, 2.75) is 0 Å². The van der Waals surface area contributed by atoms with Crippen molar-refractivity contribution in [3.05, 3.63) is 50.7 Å². The first-order valence-electron chi connectivity index (χ1n) is 13.6. The molecule has 0 aliphatic heterocycles. The molecule has 0 unspecified atom stereocenters. The molecule has 1 aromatic heterocycles. The maximum absolute atomic E-state index is 11.7. The van der Waals surface area contributed by atoms with Gasteiger partial charge in [0.2, 0.25) is 0 Å². The van der Waals surface area contributed by atoms with Crippen LogP contribution in [-0.2, 0) is 0 Å². The van der Waals surface area contributed by atoms with Gasteiger partial charge in [0.15, 0.2) is 23.0 Å². The van der Waals surface area contributed by atoms with Crippen molar-refractivity contribution >= 4 is 22.6 Å². The number of aromatic amines is 2. The van der Waals surface area contributed by atoms with Gasteiger partial charge in [-0.2, -0.15) is 0 Å². The maximum atomic E-state index is 11.7. The summed E-state index contributed by atoms with van der Waals surface area (Å²) in [4.78, 5) is 38.1. The van der Waals surface area contributed by atoms with Crippen molar-refractivity contribution in [3.8, 4) is 23.0 Å². The highest BCUT2D eigenvalue weighted by Crippen LogP contribution is 2.32. The molecule has 30 heavy (non-hydrogen) atoms. The molecule has 0 atom stereocenters. The molecule has 0 aliphatic rings. The van der Waals surface area contributed by atoms with E-state index >= 15 is 0 Å². The molecule has 0 saturated heterocycles. The van der Waals surface area contributed by atoms with E-state index in [9.17, 15) is 14.4 Å². The molecule has 11 nitrogen and oxygen atoms in total. The molecular weight excluding hydrogens is 398 g/mol. The van der Waals surface area contributed by atoms with Crippen molar-refractivity contribution < 1.29 is 45.3 Å². The van der Waals surface area contributed by atoms with Crippen LogP contribution in [0.3, 0.4) is 0 Å². The lowest BCUT2D eigenvalue weighted by Crippen LogP contribution is -2.21. The summed E-state index contributed by atoms with van der Waals surface area (Å²) in [6.07, 6.45) is 0. The second kappa shape index (κ2) is 9.37. The number of H-pyrrole nitrogens is 2. The molecule has 160 valence electrons. The van der Waals surface area contributed by atoms with Crippen LogP contribution in [0.25, 0.3) is 10.9 Å². The number of nitrogen functional groups attached to an aromatic ring is 1. The zero-order valence-electron chi connectivity index (χ0n) is 26.7. The zero-order chi connectivity index (χ0) is 32.4. The smallest absolute Gasteiger partial charge is 0.337 e. The largest absolute Gasteiger partial charge is 0.493 e. The van der Waals surface area contributed by atoms with Gasteiger partial charge in [-0.25, -0.2) is 9.59 Å². The maximum Gasteiger partial charge on any atom is 0.337 e. The first-order valence-corrected chi connectivity index (χ1v) is 7.57. The molecule has 0 bridgehead atoms. The number of nitrogens with two attached hydrogens (primary N) is 1. The third kappa shape index (κ3) is 4.63. The van der Waals surface area contributed by atoms with Gasteiger partial charge in [0.05, 0.1) is 66.8 Å². The Labute approximate surface area is 186 Å². The molecular formula is C19H21N3O8. The minimum atomic E-state index is -2.90. The molecule has 0 amide bonds. The van der Waals surface area contributed by atoms with Gasteiger partial charge in [-0.05, 0) is 6.07 Å². The van der Waals surface area contributed by atoms with Crippen LogP contribution in [0.15, 0.2) is 33.9 Å². The summed E-state index contributed by atoms with van der Waals surface area (Å²) in [5.41, 5.74) is 3.11. The van der Waals surface area contributed by atoms with Crippen LogP contribution in [0.2, 0.25) is 0 Å². The monoisotopic (exact) mass is 431 g/mol. The van der Waals surface area contributed by atoms with E-state index in [1.165, 1.54) is 0 Å². The van der Waals surface area contributed by atoms with Crippen LogP contribution in [0.5, 0.6) is 23.0 Å². The number of aromatic carboxylic acids is 1. The fourth-order valence-corrected chi connectivity index (χ4v) is 2.26. The van der Waals surface area contributed by atoms with Crippen molar-refractivity contribution in [1.29, 1.82) is 0 Å². The Morgan fingerprint density at radius 3 is 2.00 bits per heavy atom. The van der Waals surface area contributed by atoms with Gasteiger partial charge < -0.3 is 34.8 Å². The number of aromatic nitrogens is 2. The third-order valence-electron chi connectivity index (χ3n) is 3.59. The zero-order valence-corrected chi connectivity index (χ0v) is 14.7. The molecule has 0 spiro atoms. The first-order chi connectivity index (χ1) is 18.8. The van der Waals surface area contributed by atoms with Crippen LogP contribution in [0.4, 0.5) is 5.69 Å². The number of nitrogens with one attached hydrogen (secondary N) is 2. The Kier molecular flexibility index (Phi) is 3.30. The molecule has 3 aromatic rings. The highest BCUT2D eigenvalue weighted by molar-refractivity contribution is 5.94. The average molecular weight is 431 g/mol. The van der Waals surface area contributed by atoms with Crippen molar-refractivity contribution in [2.24, 2.45) is 0 Å². The van der Waals surface area contributed by atoms with E-state index in [1.54, 1.807) is 0 Å². The Morgan fingerprint density at radius 2 is 1.43 bits per heavy atom. The Balaban J connectivity index is 0.000000295. The molecule has 3 rings (SSSR count). The number of hydrogen-bond donors (Lipinski definition) is 4. The van der Waals surface area contributed by atoms with Crippen LogP contribution in [0, 0.1) is 0 Å². The number of ether oxygens (including phenoxy) is 4. The van der Waals surface area contributed by atoms with Crippen LogP contribution in [-0.4, -0.2) is 49.2 Å². The average Bonchev–Trinajstić information content (AvgIpc) is 2.72. The number of anilines is 1. The van der Waals surface area contributed by atoms with Crippen molar-refractivity contribution in [3.63, 3.8) is 0 Å². The molecule has 5 N–H and O–H groups in total. The number of carboxylic acid groups (broad SMARTS) is 1. The summed E-state index contributed by atoms with van der Waals surface area (Å²) in [5.74, 6) is -3.35. The fraction of sp³-hybridized carbons (Fsp3) is 0.211. The first kappa shape index (κ1) is 10.6. The van der Waals surface area contributed by atoms with Gasteiger partial charge in [-0.3, -0.25) is 9.78 Å². The highest BCUT2D eigenvalue weighted by Gasteiger charge is 2.13. The number of carbonyl (C=O) groups is 1. The summed E-state index contributed by atoms with van der Waals surface area (Å²) in [7, 11) is -11.5. The van der Waals surface area contributed by atoms with Gasteiger partial charge in [-0.1, -0.05) is 0 Å². The third-order valence-corrected chi connectivity index (χ3v) is 3.59. The van der Waals surface area contributed by atoms with Gasteiger partial charge in [0, 0.05) is 18.2 Å². The van der Waals surface area contributed by atoms with Crippen LogP contribution in [0.1, 0.15) is 26.8 Å². The van der Waals surface area contributed by atoms with Gasteiger partial charge >= 0.3 is 11.7 Å². The van der Waals surface area contributed by atoms with Crippen molar-refractivity contribution in [2.75, 3.05) is 33.9 Å². The second-order valence-electron chi connectivity index (χ2n) is 5.35. The topological polar surface area (TPSA) is 166 Å². The predicted octanol–water partition coefficient (Wildman–Crippen LogP) is 1.22. The van der Waals surface area contributed by atoms with E-state index in [2.05, 4.69) is 23.9 Å². The summed E-state index contributed by atoms with van der Waals surface area (Å²) in [6.45, 7) is 0. The highest BCUT2D eigenvalue weighted by atomic mass is 16.5. The van der Waals surface area contributed by atoms with Crippen LogP contribution < -0.4 is 35.9 Å². The standard InChI is InChI=1S/C10H10N2O4.C9H11NO4/c1-15-7-3-5-6(4-8(7)16-2)11-10(14)12-9(5)13;1-13-7-3-5(9(11)12)6(10)4-8(7)14-2/h3-4H,1-2H3,(H2,11,12,13,14);3-4H,10H2,1-2H3,(H,11,12)/i2*1D3,2D3. The second-order valence-corrected chi connectivity index (χ2v) is 5.35. The van der Waals surface area contributed by atoms with Crippen LogP contribution >= 0.6 is 0 Å². The van der Waals surface area contributed by atoms with E-state index in [-0.39, 0.29) is 16.6 Å². The summed E-state index contributed by atoms with van der Waals surface area (Å²) in [5, 5.41) is 8.80. The van der Waals surface area contributed by atoms with E-state index in [1.807, 2.05) is 4.98 Å². The molecule has 0 saturated carbocycles. The minimum Gasteiger partial charge on any atom is -0.493 e. The molecule has 0 fully saturated rings. The molecule has 2 aromatic carbocycles. The Morgan fingerprint density at radius 1 is 0.900 bits per heavy atom. The number of rotatable bonds is 5. The van der Waals surface area contributed by atoms with Gasteiger partial charge in [0.25, 0.3) is 5.56 Å².